The number of anilines is 3. The molecule has 0 saturated heterocycles. The summed E-state index contributed by atoms with van der Waals surface area (Å²) in [6, 6.07) is 7.91. The number of fused-ring (bicyclic) bond motifs is 1. The van der Waals surface area contributed by atoms with Crippen molar-refractivity contribution in [2.75, 3.05) is 11.1 Å². The number of aryl methyl sites for hydroxylation is 1. The Kier molecular flexibility index (Phi) is 3.02. The zero-order chi connectivity index (χ0) is 14.3. The molecule has 0 unspecified atom stereocenters. The third-order valence-corrected chi connectivity index (χ3v) is 3.86. The van der Waals surface area contributed by atoms with E-state index in [4.69, 9.17) is 5.73 Å². The van der Waals surface area contributed by atoms with Crippen molar-refractivity contribution in [3.05, 3.63) is 47.5 Å². The summed E-state index contributed by atoms with van der Waals surface area (Å²) in [7, 11) is 0. The fourth-order valence-electron chi connectivity index (χ4n) is 1.87. The first-order valence-electron chi connectivity index (χ1n) is 5.92. The minimum atomic E-state index is -0.646. The fourth-order valence-corrected chi connectivity index (χ4v) is 2.79. The summed E-state index contributed by atoms with van der Waals surface area (Å²) in [5.74, 6) is -1.25. The Balaban J connectivity index is 2.03. The van der Waals surface area contributed by atoms with E-state index in [0.717, 1.165) is 10.2 Å². The van der Waals surface area contributed by atoms with E-state index in [-0.39, 0.29) is 5.69 Å². The lowest BCUT2D eigenvalue weighted by molar-refractivity contribution is 0.585. The highest BCUT2D eigenvalue weighted by molar-refractivity contribution is 7.22. The van der Waals surface area contributed by atoms with Gasteiger partial charge in [-0.15, -0.1) is 0 Å². The van der Waals surface area contributed by atoms with Crippen molar-refractivity contribution >= 4 is 38.1 Å². The lowest BCUT2D eigenvalue weighted by atomic mass is 10.2. The van der Waals surface area contributed by atoms with E-state index in [1.54, 1.807) is 25.1 Å². The minimum absolute atomic E-state index is 0.183. The minimum Gasteiger partial charge on any atom is -0.399 e. The average molecular weight is 291 g/mol. The number of thiazole rings is 1. The van der Waals surface area contributed by atoms with E-state index in [9.17, 15) is 8.78 Å². The molecule has 0 aliphatic heterocycles. The van der Waals surface area contributed by atoms with Crippen LogP contribution in [0, 0.1) is 18.6 Å². The summed E-state index contributed by atoms with van der Waals surface area (Å²) in [6.07, 6.45) is 0. The first-order valence-corrected chi connectivity index (χ1v) is 6.74. The van der Waals surface area contributed by atoms with Crippen molar-refractivity contribution in [1.82, 2.24) is 4.98 Å². The lowest BCUT2D eigenvalue weighted by Gasteiger charge is -2.07. The molecule has 0 bridgehead atoms. The molecule has 0 fully saturated rings. The third-order valence-electron chi connectivity index (χ3n) is 2.93. The largest absolute Gasteiger partial charge is 0.399 e. The van der Waals surface area contributed by atoms with E-state index < -0.39 is 11.6 Å². The summed E-state index contributed by atoms with van der Waals surface area (Å²) in [4.78, 5) is 4.28. The van der Waals surface area contributed by atoms with Crippen LogP contribution < -0.4 is 11.1 Å². The third kappa shape index (κ3) is 2.18. The maximum Gasteiger partial charge on any atom is 0.188 e. The van der Waals surface area contributed by atoms with E-state index in [2.05, 4.69) is 10.3 Å². The molecular weight excluding hydrogens is 280 g/mol. The van der Waals surface area contributed by atoms with Crippen molar-refractivity contribution < 1.29 is 8.78 Å². The van der Waals surface area contributed by atoms with Gasteiger partial charge in [0.1, 0.15) is 11.5 Å². The van der Waals surface area contributed by atoms with Gasteiger partial charge in [-0.2, -0.15) is 0 Å². The Bertz CT molecular complexity index is 798. The van der Waals surface area contributed by atoms with Gasteiger partial charge in [0.15, 0.2) is 10.9 Å². The lowest BCUT2D eigenvalue weighted by Crippen LogP contribution is -1.98. The number of nitrogens with two attached hydrogens (primary N) is 1. The molecule has 2 aromatic carbocycles. The van der Waals surface area contributed by atoms with Crippen LogP contribution in [0.5, 0.6) is 0 Å². The summed E-state index contributed by atoms with van der Waals surface area (Å²) in [6.45, 7) is 1.58. The Morgan fingerprint density at radius 2 is 2.00 bits per heavy atom. The molecule has 0 radical (unpaired) electrons. The molecule has 6 heteroatoms. The zero-order valence-electron chi connectivity index (χ0n) is 10.6. The molecule has 0 spiro atoms. The SMILES string of the molecule is Cc1ccc(F)c(Nc2nc3ccc(N)cc3s2)c1F. The molecule has 0 aliphatic carbocycles. The standard InChI is InChI=1S/C14H11F2N3S/c1-7-2-4-9(15)13(12(7)16)19-14-18-10-5-3-8(17)6-11(10)20-14/h2-6H,17H2,1H3,(H,18,19). The van der Waals surface area contributed by atoms with Crippen molar-refractivity contribution in [3.8, 4) is 0 Å². The second-order valence-electron chi connectivity index (χ2n) is 4.42. The number of hydrogen-bond acceptors (Lipinski definition) is 4. The Hall–Kier alpha value is -2.21. The van der Waals surface area contributed by atoms with Crippen LogP contribution in [0.1, 0.15) is 5.56 Å². The van der Waals surface area contributed by atoms with Crippen LogP contribution in [-0.2, 0) is 0 Å². The van der Waals surface area contributed by atoms with Crippen LogP contribution in [0.4, 0.5) is 25.3 Å². The second kappa shape index (κ2) is 4.72. The molecule has 0 amide bonds. The summed E-state index contributed by atoms with van der Waals surface area (Å²) in [5.41, 5.74) is 7.25. The topological polar surface area (TPSA) is 50.9 Å². The predicted molar refractivity (Wildman–Crippen MR) is 78.4 cm³/mol. The molecule has 20 heavy (non-hydrogen) atoms. The average Bonchev–Trinajstić information content (AvgIpc) is 2.81. The van der Waals surface area contributed by atoms with E-state index >= 15 is 0 Å². The number of halogens is 2. The van der Waals surface area contributed by atoms with Crippen LogP contribution >= 0.6 is 11.3 Å². The first kappa shape index (κ1) is 12.8. The van der Waals surface area contributed by atoms with Gasteiger partial charge < -0.3 is 11.1 Å². The molecule has 102 valence electrons. The Labute approximate surface area is 118 Å². The van der Waals surface area contributed by atoms with Crippen LogP contribution in [0.2, 0.25) is 0 Å². The highest BCUT2D eigenvalue weighted by Gasteiger charge is 2.13. The molecule has 1 aromatic heterocycles. The van der Waals surface area contributed by atoms with E-state index in [1.807, 2.05) is 0 Å². The number of aromatic nitrogens is 1. The van der Waals surface area contributed by atoms with Crippen molar-refractivity contribution in [2.45, 2.75) is 6.92 Å². The normalized spacial score (nSPS) is 10.9. The fraction of sp³-hybridized carbons (Fsp3) is 0.0714. The van der Waals surface area contributed by atoms with E-state index in [1.165, 1.54) is 23.5 Å². The van der Waals surface area contributed by atoms with Gasteiger partial charge in [0, 0.05) is 5.69 Å². The predicted octanol–water partition coefficient (Wildman–Crippen LogP) is 4.21. The first-order chi connectivity index (χ1) is 9.54. The quantitative estimate of drug-likeness (QED) is 0.695. The van der Waals surface area contributed by atoms with E-state index in [0.29, 0.717) is 16.4 Å². The van der Waals surface area contributed by atoms with Crippen molar-refractivity contribution in [2.24, 2.45) is 0 Å². The van der Waals surface area contributed by atoms with Crippen LogP contribution in [0.3, 0.4) is 0 Å². The summed E-state index contributed by atoms with van der Waals surface area (Å²) in [5, 5.41) is 3.13. The van der Waals surface area contributed by atoms with Crippen molar-refractivity contribution in [1.29, 1.82) is 0 Å². The Morgan fingerprint density at radius 3 is 2.80 bits per heavy atom. The molecule has 3 rings (SSSR count). The van der Waals surface area contributed by atoms with Crippen LogP contribution in [0.25, 0.3) is 10.2 Å². The second-order valence-corrected chi connectivity index (χ2v) is 5.46. The summed E-state index contributed by atoms with van der Waals surface area (Å²) >= 11 is 1.29. The summed E-state index contributed by atoms with van der Waals surface area (Å²) < 4.78 is 28.5. The molecule has 3 aromatic rings. The van der Waals surface area contributed by atoms with Gasteiger partial charge in [0.05, 0.1) is 10.2 Å². The molecule has 3 N–H and O–H groups in total. The van der Waals surface area contributed by atoms with Gasteiger partial charge in [-0.3, -0.25) is 0 Å². The van der Waals surface area contributed by atoms with Crippen LogP contribution in [0.15, 0.2) is 30.3 Å². The van der Waals surface area contributed by atoms with Crippen molar-refractivity contribution in [3.63, 3.8) is 0 Å². The number of rotatable bonds is 2. The van der Waals surface area contributed by atoms with Gasteiger partial charge in [0.25, 0.3) is 0 Å². The van der Waals surface area contributed by atoms with Gasteiger partial charge in [0.2, 0.25) is 0 Å². The molecule has 0 saturated carbocycles. The monoisotopic (exact) mass is 291 g/mol. The highest BCUT2D eigenvalue weighted by atomic mass is 32.1. The van der Waals surface area contributed by atoms with Gasteiger partial charge >= 0.3 is 0 Å². The Morgan fingerprint density at radius 1 is 1.20 bits per heavy atom. The number of nitrogens with one attached hydrogen (secondary N) is 1. The number of nitrogen functional groups attached to an aromatic ring is 1. The van der Waals surface area contributed by atoms with Gasteiger partial charge in [-0.05, 0) is 36.8 Å². The van der Waals surface area contributed by atoms with Crippen LogP contribution in [-0.4, -0.2) is 4.98 Å². The van der Waals surface area contributed by atoms with Gasteiger partial charge in [-0.25, -0.2) is 13.8 Å². The molecule has 1 heterocycles. The number of nitrogens with zero attached hydrogens (tertiary/aromatic N) is 1. The molecular formula is C14H11F2N3S. The number of hydrogen-bond donors (Lipinski definition) is 2. The van der Waals surface area contributed by atoms with Gasteiger partial charge in [-0.1, -0.05) is 17.4 Å². The zero-order valence-corrected chi connectivity index (χ0v) is 11.4. The molecule has 0 aliphatic rings. The smallest absolute Gasteiger partial charge is 0.188 e. The molecule has 3 nitrogen and oxygen atoms in total. The maximum absolute atomic E-state index is 13.9. The number of benzene rings is 2. The molecule has 0 atom stereocenters. The maximum atomic E-state index is 13.9. The highest BCUT2D eigenvalue weighted by Crippen LogP contribution is 2.32.